The van der Waals surface area contributed by atoms with Crippen LogP contribution in [0.1, 0.15) is 323 Å². The summed E-state index contributed by atoms with van der Waals surface area (Å²) in [5.41, 5.74) is 0. The molecule has 0 rings (SSSR count). The molecular weight excluding hydrogens is 1430 g/mol. The van der Waals surface area contributed by atoms with E-state index in [1.54, 1.807) is 0 Å². The van der Waals surface area contributed by atoms with Crippen LogP contribution < -0.4 is 0 Å². The van der Waals surface area contributed by atoms with Crippen molar-refractivity contribution in [1.82, 2.24) is 0 Å². The Morgan fingerprint density at radius 2 is 0.473 bits per heavy atom. The van der Waals surface area contributed by atoms with Crippen molar-refractivity contribution in [3.05, 3.63) is 170 Å². The van der Waals surface area contributed by atoms with Gasteiger partial charge in [-0.25, -0.2) is 9.13 Å². The minimum atomic E-state index is -5.00. The maximum absolute atomic E-state index is 13.1. The number of rotatable bonds is 78. The fraction of sp³-hybridized carbons (Fsp3) is 0.648. The Morgan fingerprint density at radius 3 is 0.736 bits per heavy atom. The van der Waals surface area contributed by atoms with Crippen molar-refractivity contribution in [2.24, 2.45) is 0 Å². The first-order chi connectivity index (χ1) is 53.7. The molecule has 0 amide bonds. The molecule has 0 spiro atoms. The van der Waals surface area contributed by atoms with Crippen molar-refractivity contribution in [2.75, 3.05) is 39.6 Å². The monoisotopic (exact) mass is 1580 g/mol. The van der Waals surface area contributed by atoms with Gasteiger partial charge in [-0.05, 0) is 173 Å². The predicted molar refractivity (Wildman–Crippen MR) is 454 cm³/mol. The number of aliphatic hydroxyl groups is 1. The Bertz CT molecular complexity index is 2750. The third kappa shape index (κ3) is 80.5. The smallest absolute Gasteiger partial charge is 0.462 e. The lowest BCUT2D eigenvalue weighted by Gasteiger charge is -2.21. The molecule has 0 heterocycles. The normalized spacial score (nSPS) is 14.6. The Labute approximate surface area is 667 Å². The summed E-state index contributed by atoms with van der Waals surface area (Å²) >= 11 is 0. The van der Waals surface area contributed by atoms with Crippen molar-refractivity contribution in [3.63, 3.8) is 0 Å². The molecule has 0 aliphatic rings. The fourth-order valence-corrected chi connectivity index (χ4v) is 12.4. The summed E-state index contributed by atoms with van der Waals surface area (Å²) in [6.45, 7) is 4.45. The average Bonchev–Trinajstić information content (AvgIpc) is 0.899. The van der Waals surface area contributed by atoms with Gasteiger partial charge < -0.3 is 33.8 Å². The van der Waals surface area contributed by atoms with Gasteiger partial charge in [0.15, 0.2) is 12.2 Å². The van der Waals surface area contributed by atoms with Crippen molar-refractivity contribution in [2.45, 2.75) is 341 Å². The third-order valence-electron chi connectivity index (χ3n) is 17.2. The van der Waals surface area contributed by atoms with E-state index < -0.39 is 97.5 Å². The Morgan fingerprint density at radius 1 is 0.264 bits per heavy atom. The summed E-state index contributed by atoms with van der Waals surface area (Å²) < 4.78 is 68.8. The fourth-order valence-electron chi connectivity index (χ4n) is 10.8. The van der Waals surface area contributed by atoms with Crippen LogP contribution in [0.5, 0.6) is 0 Å². The van der Waals surface area contributed by atoms with Gasteiger partial charge in [0.05, 0.1) is 26.4 Å². The molecule has 0 aromatic carbocycles. The van der Waals surface area contributed by atoms with E-state index >= 15 is 0 Å². The summed E-state index contributed by atoms with van der Waals surface area (Å²) in [7, 11) is -10.00. The summed E-state index contributed by atoms with van der Waals surface area (Å²) in [6, 6.07) is 0. The van der Waals surface area contributed by atoms with E-state index in [1.807, 2.05) is 0 Å². The molecule has 0 aliphatic heterocycles. The number of allylic oxidation sites excluding steroid dienone is 28. The molecule has 17 nitrogen and oxygen atoms in total. The summed E-state index contributed by atoms with van der Waals surface area (Å²) in [5.74, 6) is -2.26. The van der Waals surface area contributed by atoms with Gasteiger partial charge in [0.2, 0.25) is 0 Å². The summed E-state index contributed by atoms with van der Waals surface area (Å²) in [4.78, 5) is 73.3. The topological polar surface area (TPSA) is 237 Å². The second-order valence-corrected chi connectivity index (χ2v) is 30.5. The van der Waals surface area contributed by atoms with Crippen molar-refractivity contribution >= 4 is 39.5 Å². The quantitative estimate of drug-likeness (QED) is 0.0169. The van der Waals surface area contributed by atoms with Gasteiger partial charge in [-0.3, -0.25) is 37.3 Å². The van der Waals surface area contributed by atoms with Crippen LogP contribution in [-0.4, -0.2) is 96.7 Å². The zero-order valence-electron chi connectivity index (χ0n) is 68.6. The van der Waals surface area contributed by atoms with Crippen LogP contribution in [0, 0.1) is 0 Å². The van der Waals surface area contributed by atoms with E-state index in [1.165, 1.54) is 19.3 Å². The highest BCUT2D eigenvalue weighted by molar-refractivity contribution is 7.47. The van der Waals surface area contributed by atoms with Crippen LogP contribution in [0.15, 0.2) is 170 Å². The van der Waals surface area contributed by atoms with E-state index in [0.717, 1.165) is 225 Å². The Kier molecular flexibility index (Phi) is 77.3. The molecule has 19 heteroatoms. The lowest BCUT2D eigenvalue weighted by Crippen LogP contribution is -2.30. The number of carbonyl (C=O) groups excluding carboxylic acids is 4. The minimum Gasteiger partial charge on any atom is -0.462 e. The van der Waals surface area contributed by atoms with Crippen LogP contribution in [0.4, 0.5) is 0 Å². The van der Waals surface area contributed by atoms with Crippen molar-refractivity contribution < 1.29 is 80.2 Å². The Hall–Kier alpha value is -5.58. The predicted octanol–water partition coefficient (Wildman–Crippen LogP) is 25.3. The maximum atomic E-state index is 13.1. The van der Waals surface area contributed by atoms with Crippen molar-refractivity contribution in [3.8, 4) is 0 Å². The van der Waals surface area contributed by atoms with E-state index in [-0.39, 0.29) is 25.7 Å². The highest BCUT2D eigenvalue weighted by Gasteiger charge is 2.30. The number of hydrogen-bond donors (Lipinski definition) is 3. The second-order valence-electron chi connectivity index (χ2n) is 27.6. The Balaban J connectivity index is 5.45. The summed E-state index contributed by atoms with van der Waals surface area (Å²) in [6.07, 6.45) is 97.4. The number of unbranched alkanes of at least 4 members (excludes halogenated alkanes) is 24. The van der Waals surface area contributed by atoms with Gasteiger partial charge in [0.25, 0.3) is 0 Å². The number of aliphatic hydroxyl groups excluding tert-OH is 1. The first-order valence-electron chi connectivity index (χ1n) is 42.4. The molecule has 626 valence electrons. The molecule has 0 bridgehead atoms. The van der Waals surface area contributed by atoms with E-state index in [2.05, 4.69) is 198 Å². The molecule has 0 saturated carbocycles. The molecule has 5 atom stereocenters. The number of esters is 4. The molecule has 0 radical (unpaired) electrons. The number of ether oxygens (including phenoxy) is 4. The lowest BCUT2D eigenvalue weighted by atomic mass is 10.1. The lowest BCUT2D eigenvalue weighted by molar-refractivity contribution is -0.161. The number of carbonyl (C=O) groups is 4. The van der Waals surface area contributed by atoms with Gasteiger partial charge in [-0.15, -0.1) is 0 Å². The largest absolute Gasteiger partial charge is 0.472 e. The number of hydrogen-bond acceptors (Lipinski definition) is 15. The molecule has 0 aromatic rings. The van der Waals surface area contributed by atoms with Gasteiger partial charge in [-0.2, -0.15) is 0 Å². The first kappa shape index (κ1) is 104. The first-order valence-corrected chi connectivity index (χ1v) is 45.4. The molecular formula is C91H150O17P2. The molecule has 5 unspecified atom stereocenters. The molecule has 0 fully saturated rings. The molecule has 0 aromatic heterocycles. The van der Waals surface area contributed by atoms with Crippen LogP contribution in [0.3, 0.4) is 0 Å². The van der Waals surface area contributed by atoms with Crippen LogP contribution in [0.2, 0.25) is 0 Å². The standard InChI is InChI=1S/C91H150O17P2/c1-5-9-13-17-21-25-29-33-37-40-42-45-48-51-55-59-63-67-71-75-88(93)101-81-86(107-90(95)77-73-69-65-61-57-53-47-36-32-28-24-20-16-12-8-4)83-105-109(97,98)103-79-85(92)80-104-110(99,100)106-84-87(108-91(96)78-74-70-66-62-58-54-50-44-39-35-31-27-23-19-15-11-7-3)82-102-89(94)76-72-68-64-60-56-52-49-46-43-41-38-34-30-26-22-18-14-10-6-2/h9-11,13-15,21-28,33-39,42-43,45-47,51,55,85-87,92H,5-8,12,16-20,29-32,40-41,44,48-50,52-54,56-84H2,1-4H3,(H,97,98)(H,99,100)/b13-9-,14-10-,15-11-,25-21-,26-22-,27-23-,28-24-,37-33-,38-34-,39-35-,45-42-,46-43-,47-36-,55-51-. The van der Waals surface area contributed by atoms with E-state index in [9.17, 15) is 43.2 Å². The molecule has 0 saturated heterocycles. The summed E-state index contributed by atoms with van der Waals surface area (Å²) in [5, 5.41) is 10.7. The van der Waals surface area contributed by atoms with Crippen LogP contribution in [-0.2, 0) is 65.4 Å². The van der Waals surface area contributed by atoms with Gasteiger partial charge in [0, 0.05) is 25.7 Å². The number of phosphoric acid groups is 2. The zero-order valence-corrected chi connectivity index (χ0v) is 70.4. The van der Waals surface area contributed by atoms with Gasteiger partial charge in [0.1, 0.15) is 19.3 Å². The third-order valence-corrected chi connectivity index (χ3v) is 19.1. The highest BCUT2D eigenvalue weighted by Crippen LogP contribution is 2.45. The van der Waals surface area contributed by atoms with E-state index in [0.29, 0.717) is 25.7 Å². The van der Waals surface area contributed by atoms with E-state index in [4.69, 9.17) is 37.0 Å². The van der Waals surface area contributed by atoms with Crippen LogP contribution in [0.25, 0.3) is 0 Å². The van der Waals surface area contributed by atoms with Gasteiger partial charge >= 0.3 is 39.5 Å². The molecule has 110 heavy (non-hydrogen) atoms. The van der Waals surface area contributed by atoms with Crippen molar-refractivity contribution in [1.29, 1.82) is 0 Å². The van der Waals surface area contributed by atoms with Gasteiger partial charge in [-0.1, -0.05) is 294 Å². The van der Waals surface area contributed by atoms with Crippen LogP contribution >= 0.6 is 15.6 Å². The highest BCUT2D eigenvalue weighted by atomic mass is 31.2. The molecule has 0 aliphatic carbocycles. The SMILES string of the molecule is CC/C=C\C/C=C\C/C=C\C/C=C\C/C=C\CCCCCC(=O)OCC(COP(=O)(O)OCC(O)COP(=O)(O)OCC(COC(=O)CCCCCCCC/C=C\C/C=C\C/C=C\C/C=C\CC)OC(=O)CCCCCCCCC/C=C\C/C=C\C/C=C\CC)OC(=O)CCCCCCC/C=C\C/C=C\CCCCC. The second kappa shape index (κ2) is 81.4. The molecule has 3 N–H and O–H groups in total. The number of phosphoric ester groups is 2. The maximum Gasteiger partial charge on any atom is 0.472 e. The zero-order chi connectivity index (χ0) is 80.3. The average molecular weight is 1580 g/mol. The minimum absolute atomic E-state index is 0.0659.